The minimum atomic E-state index is -2.02. The summed E-state index contributed by atoms with van der Waals surface area (Å²) in [5.41, 5.74) is -2.02. The highest BCUT2D eigenvalue weighted by Crippen LogP contribution is 2.48. The van der Waals surface area contributed by atoms with Crippen molar-refractivity contribution in [2.24, 2.45) is 10.3 Å². The molecule has 1 fully saturated rings. The van der Waals surface area contributed by atoms with Crippen LogP contribution in [0, 0.1) is 5.92 Å². The van der Waals surface area contributed by atoms with Crippen molar-refractivity contribution in [1.82, 2.24) is 0 Å². The molecule has 1 aliphatic heterocycles. The molecule has 0 saturated carbocycles. The molecule has 1 saturated heterocycles. The molecule has 9 heteroatoms. The number of rotatable bonds is 4. The first kappa shape index (κ1) is 20.6. The summed E-state index contributed by atoms with van der Waals surface area (Å²) in [6, 6.07) is 3.62. The molecule has 3 atom stereocenters. The topological polar surface area (TPSA) is 91.3 Å². The van der Waals surface area contributed by atoms with E-state index in [9.17, 15) is 13.8 Å². The zero-order valence-electron chi connectivity index (χ0n) is 15.6. The van der Waals surface area contributed by atoms with Gasteiger partial charge in [-0.05, 0) is 32.2 Å². The number of hydrogen-bond acceptors (Lipinski definition) is 7. The normalized spacial score (nSPS) is 24.8. The van der Waals surface area contributed by atoms with E-state index in [1.54, 1.807) is 33.8 Å². The van der Waals surface area contributed by atoms with Crippen LogP contribution in [0.4, 0.5) is 0 Å². The summed E-state index contributed by atoms with van der Waals surface area (Å²) in [4.78, 5) is 26.0. The van der Waals surface area contributed by atoms with Gasteiger partial charge in [0.15, 0.2) is 0 Å². The third-order valence-corrected chi connectivity index (χ3v) is 6.47. The second-order valence-corrected chi connectivity index (χ2v) is 9.78. The van der Waals surface area contributed by atoms with E-state index in [1.165, 1.54) is 25.6 Å². The molecule has 0 N–H and O–H groups in total. The van der Waals surface area contributed by atoms with E-state index in [4.69, 9.17) is 14.2 Å². The van der Waals surface area contributed by atoms with E-state index in [1.807, 2.05) is 11.4 Å². The fourth-order valence-electron chi connectivity index (χ4n) is 2.78. The van der Waals surface area contributed by atoms with E-state index in [0.717, 1.165) is 4.88 Å². The Morgan fingerprint density at radius 1 is 1.27 bits per heavy atom. The quantitative estimate of drug-likeness (QED) is 0.568. The van der Waals surface area contributed by atoms with Crippen molar-refractivity contribution in [3.8, 4) is 0 Å². The number of carbonyl (C=O) groups is 2. The van der Waals surface area contributed by atoms with Crippen LogP contribution >= 0.6 is 11.3 Å². The van der Waals surface area contributed by atoms with Crippen LogP contribution in [0.25, 0.3) is 0 Å². The second-order valence-electron chi connectivity index (χ2n) is 6.89. The van der Waals surface area contributed by atoms with E-state index >= 15 is 0 Å². The molecule has 1 aliphatic rings. The second kappa shape index (κ2) is 7.48. The van der Waals surface area contributed by atoms with Crippen LogP contribution in [-0.2, 0) is 34.8 Å². The first-order valence-electron chi connectivity index (χ1n) is 7.99. The van der Waals surface area contributed by atoms with Gasteiger partial charge in [0.25, 0.3) is 0 Å². The Bertz CT molecular complexity index is 719. The lowest BCUT2D eigenvalue weighted by molar-refractivity contribution is -0.178. The lowest BCUT2D eigenvalue weighted by Crippen LogP contribution is -2.52. The monoisotopic (exact) mass is 401 g/mol. The van der Waals surface area contributed by atoms with Gasteiger partial charge in [-0.15, -0.1) is 11.3 Å². The summed E-state index contributed by atoms with van der Waals surface area (Å²) in [6.45, 7) is 7.10. The van der Waals surface area contributed by atoms with Crippen molar-refractivity contribution in [3.63, 3.8) is 0 Å². The number of thiophene rings is 1. The Morgan fingerprint density at radius 3 is 2.27 bits per heavy atom. The van der Waals surface area contributed by atoms with E-state index in [-0.39, 0.29) is 5.90 Å². The van der Waals surface area contributed by atoms with Gasteiger partial charge >= 0.3 is 17.5 Å². The van der Waals surface area contributed by atoms with Crippen LogP contribution in [0.5, 0.6) is 0 Å². The maximum Gasteiger partial charge on any atom is 0.362 e. The molecule has 0 bridgehead atoms. The van der Waals surface area contributed by atoms with E-state index in [2.05, 4.69) is 4.40 Å². The molecule has 0 spiro atoms. The highest BCUT2D eigenvalue weighted by atomic mass is 32.2. The largest absolute Gasteiger partial charge is 0.466 e. The highest BCUT2D eigenvalue weighted by molar-refractivity contribution is 7.85. The Labute approximate surface area is 159 Å². The minimum Gasteiger partial charge on any atom is -0.466 e. The molecule has 7 nitrogen and oxygen atoms in total. The summed E-state index contributed by atoms with van der Waals surface area (Å²) in [6.07, 6.45) is 0. The van der Waals surface area contributed by atoms with Crippen LogP contribution in [0.3, 0.4) is 0 Å². The fraction of sp³-hybridized carbons (Fsp3) is 0.588. The van der Waals surface area contributed by atoms with Crippen molar-refractivity contribution >= 4 is 40.2 Å². The number of ether oxygens (including phenoxy) is 3. The van der Waals surface area contributed by atoms with Gasteiger partial charge in [0.05, 0.1) is 24.9 Å². The number of methoxy groups -OCH3 is 2. The first-order valence-corrected chi connectivity index (χ1v) is 9.98. The number of hydrogen-bond donors (Lipinski definition) is 0. The average molecular weight is 402 g/mol. The van der Waals surface area contributed by atoms with Crippen molar-refractivity contribution in [1.29, 1.82) is 0 Å². The predicted molar refractivity (Wildman–Crippen MR) is 99.4 cm³/mol. The Balaban J connectivity index is 2.64. The van der Waals surface area contributed by atoms with E-state index < -0.39 is 45.1 Å². The molecule has 1 aromatic rings. The summed E-state index contributed by atoms with van der Waals surface area (Å²) in [5, 5.41) is 1.84. The Hall–Kier alpha value is -1.74. The van der Waals surface area contributed by atoms with Gasteiger partial charge in [-0.1, -0.05) is 13.0 Å². The van der Waals surface area contributed by atoms with Gasteiger partial charge in [0.2, 0.25) is 5.90 Å². The number of carbonyl (C=O) groups excluding carboxylic acids is 2. The molecule has 0 aromatic carbocycles. The molecule has 1 unspecified atom stereocenters. The molecule has 2 heterocycles. The van der Waals surface area contributed by atoms with Gasteiger partial charge in [0.1, 0.15) is 11.0 Å². The minimum absolute atomic E-state index is 0.0764. The highest BCUT2D eigenvalue weighted by Gasteiger charge is 2.66. The first-order chi connectivity index (χ1) is 12.1. The maximum absolute atomic E-state index is 12.6. The molecular weight excluding hydrogens is 378 g/mol. The number of esters is 2. The standard InChI is InChI=1S/C17H23NO6S2/c1-10-12(11-8-7-9-25-11)17(14(19)22-5,15(20)23-6)24-13(10)18-26(21)16(2,3)4/h7-10,12H,1-6H3/b18-13-/t10-,12-,26?/m1/s1. The van der Waals surface area contributed by atoms with Crippen LogP contribution in [0.15, 0.2) is 21.9 Å². The van der Waals surface area contributed by atoms with Gasteiger partial charge in [0, 0.05) is 10.8 Å². The average Bonchev–Trinajstić information content (AvgIpc) is 3.19. The summed E-state index contributed by atoms with van der Waals surface area (Å²) < 4.78 is 31.5. The van der Waals surface area contributed by atoms with Crippen LogP contribution in [0.2, 0.25) is 0 Å². The third-order valence-electron chi connectivity index (χ3n) is 4.12. The number of nitrogens with zero attached hydrogens (tertiary/aromatic N) is 1. The van der Waals surface area contributed by atoms with Crippen LogP contribution < -0.4 is 0 Å². The SMILES string of the molecule is COC(=O)C1(C(=O)OC)O/C(=N\S(=O)C(C)(C)C)[C@H](C)[C@@H]1c1cccs1. The molecule has 2 rings (SSSR count). The van der Waals surface area contributed by atoms with Crippen molar-refractivity contribution in [2.75, 3.05) is 14.2 Å². The lowest BCUT2D eigenvalue weighted by Gasteiger charge is -2.28. The van der Waals surface area contributed by atoms with Crippen molar-refractivity contribution in [3.05, 3.63) is 22.4 Å². The maximum atomic E-state index is 12.6. The molecule has 0 aliphatic carbocycles. The molecule has 1 aromatic heterocycles. The van der Waals surface area contributed by atoms with Crippen molar-refractivity contribution in [2.45, 2.75) is 44.0 Å². The van der Waals surface area contributed by atoms with Gasteiger partial charge in [-0.2, -0.15) is 4.40 Å². The fourth-order valence-corrected chi connectivity index (χ4v) is 4.40. The summed E-state index contributed by atoms with van der Waals surface area (Å²) in [5.74, 6) is -2.84. The van der Waals surface area contributed by atoms with Crippen LogP contribution in [-0.4, -0.2) is 46.6 Å². The molecule has 144 valence electrons. The Morgan fingerprint density at radius 2 is 1.85 bits per heavy atom. The smallest absolute Gasteiger partial charge is 0.362 e. The molecule has 0 amide bonds. The lowest BCUT2D eigenvalue weighted by atomic mass is 9.80. The molecule has 0 radical (unpaired) electrons. The predicted octanol–water partition coefficient (Wildman–Crippen LogP) is 2.44. The Kier molecular flexibility index (Phi) is 5.92. The van der Waals surface area contributed by atoms with Gasteiger partial charge < -0.3 is 14.2 Å². The zero-order valence-corrected chi connectivity index (χ0v) is 17.2. The zero-order chi connectivity index (χ0) is 19.7. The van der Waals surface area contributed by atoms with Gasteiger partial charge in [-0.3, -0.25) is 0 Å². The molecule has 26 heavy (non-hydrogen) atoms. The van der Waals surface area contributed by atoms with Crippen molar-refractivity contribution < 1.29 is 28.0 Å². The van der Waals surface area contributed by atoms with E-state index in [0.29, 0.717) is 0 Å². The summed E-state index contributed by atoms with van der Waals surface area (Å²) >= 11 is 1.38. The van der Waals surface area contributed by atoms with Crippen LogP contribution in [0.1, 0.15) is 38.5 Å². The third kappa shape index (κ3) is 3.42. The van der Waals surface area contributed by atoms with Gasteiger partial charge in [-0.25, -0.2) is 13.8 Å². The molecular formula is C17H23NO6S2. The summed E-state index contributed by atoms with van der Waals surface area (Å²) in [7, 11) is 0.740.